The fourth-order valence-electron chi connectivity index (χ4n) is 1.99. The van der Waals surface area contributed by atoms with Crippen LogP contribution in [-0.4, -0.2) is 30.6 Å². The maximum atomic E-state index is 12.4. The maximum Gasteiger partial charge on any atom is 0.425 e. The molecule has 1 saturated heterocycles. The Bertz CT molecular complexity index is 381. The lowest BCUT2D eigenvalue weighted by Crippen LogP contribution is -2.48. The summed E-state index contributed by atoms with van der Waals surface area (Å²) >= 11 is 0.848. The van der Waals surface area contributed by atoms with E-state index in [0.717, 1.165) is 35.8 Å². The van der Waals surface area contributed by atoms with Crippen LogP contribution in [0.25, 0.3) is 0 Å². The third kappa shape index (κ3) is 4.12. The van der Waals surface area contributed by atoms with Gasteiger partial charge in [-0.1, -0.05) is 0 Å². The molecule has 104 valence electrons. The Morgan fingerprint density at radius 2 is 2.17 bits per heavy atom. The number of piperazine rings is 1. The average Bonchev–Trinajstić information content (AvgIpc) is 2.65. The van der Waals surface area contributed by atoms with Gasteiger partial charge >= 0.3 is 6.18 Å². The van der Waals surface area contributed by atoms with E-state index in [-0.39, 0.29) is 12.4 Å². The first-order valence-electron chi connectivity index (χ1n) is 5.57. The summed E-state index contributed by atoms with van der Waals surface area (Å²) in [6.07, 6.45) is -4.21. The lowest BCUT2D eigenvalue weighted by molar-refractivity contribution is -0.134. The third-order valence-electron chi connectivity index (χ3n) is 2.77. The Morgan fingerprint density at radius 3 is 2.72 bits per heavy atom. The molecule has 0 bridgehead atoms. The second kappa shape index (κ2) is 6.23. The van der Waals surface area contributed by atoms with Crippen molar-refractivity contribution in [2.45, 2.75) is 25.7 Å². The molecule has 2 rings (SSSR count). The van der Waals surface area contributed by atoms with Crippen molar-refractivity contribution in [3.63, 3.8) is 0 Å². The minimum Gasteiger partial charge on any atom is -0.312 e. The molecule has 0 aromatic carbocycles. The Kier molecular flexibility index (Phi) is 5.46. The first-order chi connectivity index (χ1) is 7.95. The molecule has 1 aromatic heterocycles. The Hall–Kier alpha value is -0.300. The van der Waals surface area contributed by atoms with E-state index in [0.29, 0.717) is 12.6 Å². The van der Waals surface area contributed by atoms with Crippen molar-refractivity contribution in [3.05, 3.63) is 21.9 Å². The van der Waals surface area contributed by atoms with Gasteiger partial charge in [-0.3, -0.25) is 4.90 Å². The molecule has 7 heteroatoms. The van der Waals surface area contributed by atoms with Crippen LogP contribution in [0.2, 0.25) is 0 Å². The number of nitrogens with one attached hydrogen (secondary N) is 1. The Morgan fingerprint density at radius 1 is 1.44 bits per heavy atom. The molecule has 2 heterocycles. The molecule has 1 aliphatic rings. The summed E-state index contributed by atoms with van der Waals surface area (Å²) < 4.78 is 37.3. The lowest BCUT2D eigenvalue weighted by atomic mass is 10.2. The molecular formula is C11H16ClF3N2S. The molecule has 0 radical (unpaired) electrons. The van der Waals surface area contributed by atoms with Gasteiger partial charge in [0.05, 0.1) is 0 Å². The first kappa shape index (κ1) is 15.8. The van der Waals surface area contributed by atoms with Crippen LogP contribution in [0.3, 0.4) is 0 Å². The monoisotopic (exact) mass is 300 g/mol. The zero-order valence-corrected chi connectivity index (χ0v) is 11.6. The van der Waals surface area contributed by atoms with Gasteiger partial charge in [0.15, 0.2) is 0 Å². The molecule has 0 unspecified atom stereocenters. The molecule has 1 aliphatic heterocycles. The number of hydrogen-bond donors (Lipinski definition) is 1. The van der Waals surface area contributed by atoms with Crippen LogP contribution in [0.15, 0.2) is 12.1 Å². The van der Waals surface area contributed by atoms with Crippen molar-refractivity contribution >= 4 is 23.7 Å². The van der Waals surface area contributed by atoms with Gasteiger partial charge in [-0.25, -0.2) is 0 Å². The molecule has 0 saturated carbocycles. The average molecular weight is 301 g/mol. The third-order valence-corrected chi connectivity index (χ3v) is 3.89. The predicted octanol–water partition coefficient (Wildman–Crippen LogP) is 2.98. The van der Waals surface area contributed by atoms with Gasteiger partial charge in [-0.15, -0.1) is 23.7 Å². The Labute approximate surface area is 115 Å². The molecule has 1 N–H and O–H groups in total. The molecule has 1 atom stereocenters. The quantitative estimate of drug-likeness (QED) is 0.903. The number of hydrogen-bond acceptors (Lipinski definition) is 3. The molecule has 2 nitrogen and oxygen atoms in total. The topological polar surface area (TPSA) is 15.3 Å². The largest absolute Gasteiger partial charge is 0.425 e. The highest BCUT2D eigenvalue weighted by molar-refractivity contribution is 7.12. The van der Waals surface area contributed by atoms with E-state index in [4.69, 9.17) is 0 Å². The van der Waals surface area contributed by atoms with Gasteiger partial charge in [-0.2, -0.15) is 13.2 Å². The zero-order valence-electron chi connectivity index (χ0n) is 9.96. The number of nitrogens with zero attached hydrogens (tertiary/aromatic N) is 1. The predicted molar refractivity (Wildman–Crippen MR) is 69.3 cm³/mol. The van der Waals surface area contributed by atoms with E-state index >= 15 is 0 Å². The molecule has 0 aliphatic carbocycles. The number of rotatable bonds is 2. The minimum absolute atomic E-state index is 0. The van der Waals surface area contributed by atoms with Gasteiger partial charge in [0.2, 0.25) is 0 Å². The van der Waals surface area contributed by atoms with E-state index in [9.17, 15) is 13.2 Å². The van der Waals surface area contributed by atoms with E-state index in [1.54, 1.807) is 6.07 Å². The van der Waals surface area contributed by atoms with Crippen LogP contribution in [0.4, 0.5) is 13.2 Å². The van der Waals surface area contributed by atoms with Crippen molar-refractivity contribution in [3.8, 4) is 0 Å². The molecule has 0 spiro atoms. The van der Waals surface area contributed by atoms with Gasteiger partial charge in [-0.05, 0) is 19.1 Å². The van der Waals surface area contributed by atoms with Crippen molar-refractivity contribution < 1.29 is 13.2 Å². The fraction of sp³-hybridized carbons (Fsp3) is 0.636. The highest BCUT2D eigenvalue weighted by Crippen LogP contribution is 2.34. The molecule has 18 heavy (non-hydrogen) atoms. The van der Waals surface area contributed by atoms with Crippen molar-refractivity contribution in [1.29, 1.82) is 0 Å². The van der Waals surface area contributed by atoms with Gasteiger partial charge in [0, 0.05) is 37.1 Å². The van der Waals surface area contributed by atoms with Crippen molar-refractivity contribution in [1.82, 2.24) is 10.2 Å². The van der Waals surface area contributed by atoms with Crippen LogP contribution in [0.1, 0.15) is 16.7 Å². The van der Waals surface area contributed by atoms with Crippen LogP contribution < -0.4 is 5.32 Å². The summed E-state index contributed by atoms with van der Waals surface area (Å²) in [7, 11) is 0. The lowest BCUT2D eigenvalue weighted by Gasteiger charge is -2.31. The highest BCUT2D eigenvalue weighted by Gasteiger charge is 2.32. The van der Waals surface area contributed by atoms with Crippen LogP contribution in [-0.2, 0) is 12.7 Å². The van der Waals surface area contributed by atoms with Gasteiger partial charge in [0.1, 0.15) is 4.88 Å². The Balaban J connectivity index is 0.00000162. The summed E-state index contributed by atoms with van der Waals surface area (Å²) in [5.74, 6) is 0. The van der Waals surface area contributed by atoms with Crippen LogP contribution in [0.5, 0.6) is 0 Å². The van der Waals surface area contributed by atoms with E-state index in [1.807, 2.05) is 0 Å². The number of alkyl halides is 3. The van der Waals surface area contributed by atoms with E-state index < -0.39 is 11.1 Å². The van der Waals surface area contributed by atoms with E-state index in [2.05, 4.69) is 17.1 Å². The molecule has 0 amide bonds. The fourth-order valence-corrected chi connectivity index (χ4v) is 2.91. The summed E-state index contributed by atoms with van der Waals surface area (Å²) in [5, 5.41) is 3.31. The van der Waals surface area contributed by atoms with Crippen molar-refractivity contribution in [2.75, 3.05) is 19.6 Å². The summed E-state index contributed by atoms with van der Waals surface area (Å²) in [5.41, 5.74) is 0. The van der Waals surface area contributed by atoms with Crippen molar-refractivity contribution in [2.24, 2.45) is 0 Å². The highest BCUT2D eigenvalue weighted by atomic mass is 35.5. The molecule has 1 fully saturated rings. The minimum atomic E-state index is -4.21. The maximum absolute atomic E-state index is 12.4. The van der Waals surface area contributed by atoms with Crippen LogP contribution in [0, 0.1) is 0 Å². The van der Waals surface area contributed by atoms with E-state index in [1.165, 1.54) is 6.07 Å². The molecular weight excluding hydrogens is 285 g/mol. The first-order valence-corrected chi connectivity index (χ1v) is 6.38. The van der Waals surface area contributed by atoms with Gasteiger partial charge < -0.3 is 5.32 Å². The number of halogens is 4. The molecule has 1 aromatic rings. The summed E-state index contributed by atoms with van der Waals surface area (Å²) in [4.78, 5) is 2.47. The second-order valence-corrected chi connectivity index (χ2v) is 5.52. The summed E-state index contributed by atoms with van der Waals surface area (Å²) in [6.45, 7) is 5.38. The standard InChI is InChI=1S/C11H15F3N2S.ClH/c1-8-6-16(5-4-15-8)7-9-2-3-10(17-9)11(12,13)14;/h2-3,8,15H,4-7H2,1H3;1H/t8-;/m0./s1. The van der Waals surface area contributed by atoms with Gasteiger partial charge in [0.25, 0.3) is 0 Å². The number of thiophene rings is 1. The summed E-state index contributed by atoms with van der Waals surface area (Å²) in [6, 6.07) is 3.16. The normalized spacial score (nSPS) is 21.7. The SMILES string of the molecule is C[C@H]1CN(Cc2ccc(C(F)(F)F)s2)CCN1.Cl. The second-order valence-electron chi connectivity index (χ2n) is 4.35. The zero-order chi connectivity index (χ0) is 12.5. The smallest absolute Gasteiger partial charge is 0.312 e. The van der Waals surface area contributed by atoms with Crippen LogP contribution >= 0.6 is 23.7 Å².